The first kappa shape index (κ1) is 15.3. The molecule has 0 saturated carbocycles. The van der Waals surface area contributed by atoms with Gasteiger partial charge in [-0.25, -0.2) is 4.98 Å². The van der Waals surface area contributed by atoms with Crippen LogP contribution in [0.4, 0.5) is 5.82 Å². The molecule has 1 atom stereocenters. The number of hydrogen-bond acceptors (Lipinski definition) is 4. The fourth-order valence-electron chi connectivity index (χ4n) is 2.72. The Hall–Kier alpha value is -1.13. The first-order valence-corrected chi connectivity index (χ1v) is 7.51. The zero-order valence-corrected chi connectivity index (χ0v) is 13.1. The predicted octanol–water partition coefficient (Wildman–Crippen LogP) is 2.58. The van der Waals surface area contributed by atoms with Gasteiger partial charge in [0.05, 0.1) is 5.60 Å². The van der Waals surface area contributed by atoms with Gasteiger partial charge in [0.25, 0.3) is 0 Å². The van der Waals surface area contributed by atoms with Gasteiger partial charge < -0.3 is 15.0 Å². The summed E-state index contributed by atoms with van der Waals surface area (Å²) < 4.78 is 5.68. The molecule has 112 valence electrons. The SMILES string of the molecule is COC1(C)CCCN(c2ncccc2CNC(C)C)C1. The molecule has 0 radical (unpaired) electrons. The van der Waals surface area contributed by atoms with Crippen LogP contribution >= 0.6 is 0 Å². The molecule has 1 unspecified atom stereocenters. The van der Waals surface area contributed by atoms with Crippen molar-refractivity contribution >= 4 is 5.82 Å². The summed E-state index contributed by atoms with van der Waals surface area (Å²) >= 11 is 0. The van der Waals surface area contributed by atoms with Crippen LogP contribution in [0.1, 0.15) is 39.2 Å². The van der Waals surface area contributed by atoms with E-state index in [9.17, 15) is 0 Å². The van der Waals surface area contributed by atoms with Gasteiger partial charge in [0.2, 0.25) is 0 Å². The van der Waals surface area contributed by atoms with Gasteiger partial charge in [0.15, 0.2) is 0 Å². The number of aromatic nitrogens is 1. The molecule has 2 heterocycles. The Labute approximate surface area is 122 Å². The van der Waals surface area contributed by atoms with Crippen LogP contribution in [0.15, 0.2) is 18.3 Å². The Morgan fingerprint density at radius 1 is 1.50 bits per heavy atom. The van der Waals surface area contributed by atoms with Gasteiger partial charge >= 0.3 is 0 Å². The van der Waals surface area contributed by atoms with Crippen molar-refractivity contribution in [1.29, 1.82) is 0 Å². The molecule has 0 spiro atoms. The predicted molar refractivity (Wildman–Crippen MR) is 83.1 cm³/mol. The maximum atomic E-state index is 5.68. The Bertz CT molecular complexity index is 435. The van der Waals surface area contributed by atoms with Gasteiger partial charge in [-0.3, -0.25) is 0 Å². The minimum absolute atomic E-state index is 0.0570. The lowest BCUT2D eigenvalue weighted by molar-refractivity contribution is -0.00485. The van der Waals surface area contributed by atoms with Crippen molar-refractivity contribution in [2.75, 3.05) is 25.1 Å². The summed E-state index contributed by atoms with van der Waals surface area (Å²) in [5.74, 6) is 1.10. The average molecular weight is 277 g/mol. The summed E-state index contributed by atoms with van der Waals surface area (Å²) in [7, 11) is 1.81. The zero-order valence-electron chi connectivity index (χ0n) is 13.1. The number of methoxy groups -OCH3 is 1. The highest BCUT2D eigenvalue weighted by atomic mass is 16.5. The number of hydrogen-bond donors (Lipinski definition) is 1. The van der Waals surface area contributed by atoms with Gasteiger partial charge in [-0.15, -0.1) is 0 Å². The third-order valence-corrected chi connectivity index (χ3v) is 4.02. The van der Waals surface area contributed by atoms with E-state index >= 15 is 0 Å². The Balaban J connectivity index is 2.15. The van der Waals surface area contributed by atoms with E-state index < -0.39 is 0 Å². The van der Waals surface area contributed by atoms with Crippen LogP contribution < -0.4 is 10.2 Å². The standard InChI is InChI=1S/C16H27N3O/c1-13(2)18-11-14-7-5-9-17-15(14)19-10-6-8-16(3,12-19)20-4/h5,7,9,13,18H,6,8,10-12H2,1-4H3. The maximum absolute atomic E-state index is 5.68. The molecule has 20 heavy (non-hydrogen) atoms. The molecule has 1 aliphatic heterocycles. The fourth-order valence-corrected chi connectivity index (χ4v) is 2.72. The Morgan fingerprint density at radius 3 is 3.00 bits per heavy atom. The lowest BCUT2D eigenvalue weighted by atomic mass is 9.94. The normalized spacial score (nSPS) is 23.4. The number of rotatable bonds is 5. The molecular weight excluding hydrogens is 250 g/mol. The summed E-state index contributed by atoms with van der Waals surface area (Å²) in [6.07, 6.45) is 4.15. The lowest BCUT2D eigenvalue weighted by Crippen LogP contribution is -2.48. The number of nitrogens with zero attached hydrogens (tertiary/aromatic N) is 2. The summed E-state index contributed by atoms with van der Waals surface area (Å²) in [6.45, 7) is 9.35. The zero-order chi connectivity index (χ0) is 14.6. The largest absolute Gasteiger partial charge is 0.377 e. The smallest absolute Gasteiger partial charge is 0.133 e. The molecule has 1 saturated heterocycles. The summed E-state index contributed by atoms with van der Waals surface area (Å²) in [5.41, 5.74) is 1.21. The van der Waals surface area contributed by atoms with Crippen LogP contribution in [-0.2, 0) is 11.3 Å². The van der Waals surface area contributed by atoms with E-state index in [1.54, 1.807) is 0 Å². The minimum Gasteiger partial charge on any atom is -0.377 e. The molecule has 0 amide bonds. The van der Waals surface area contributed by atoms with E-state index in [0.29, 0.717) is 6.04 Å². The van der Waals surface area contributed by atoms with Crippen molar-refractivity contribution in [3.05, 3.63) is 23.9 Å². The van der Waals surface area contributed by atoms with Gasteiger partial charge in [-0.05, 0) is 25.8 Å². The van der Waals surface area contributed by atoms with E-state index in [1.165, 1.54) is 5.56 Å². The van der Waals surface area contributed by atoms with Crippen molar-refractivity contribution in [3.63, 3.8) is 0 Å². The first-order chi connectivity index (χ1) is 9.54. The second-order valence-corrected chi connectivity index (χ2v) is 6.20. The summed E-state index contributed by atoms with van der Waals surface area (Å²) in [6, 6.07) is 4.66. The highest BCUT2D eigenvalue weighted by Crippen LogP contribution is 2.28. The minimum atomic E-state index is -0.0570. The molecule has 1 aliphatic rings. The molecule has 4 heteroatoms. The lowest BCUT2D eigenvalue weighted by Gasteiger charge is -2.40. The third kappa shape index (κ3) is 3.70. The quantitative estimate of drug-likeness (QED) is 0.897. The molecule has 1 aromatic heterocycles. The van der Waals surface area contributed by atoms with E-state index in [0.717, 1.165) is 38.3 Å². The highest BCUT2D eigenvalue weighted by Gasteiger charge is 2.32. The number of anilines is 1. The highest BCUT2D eigenvalue weighted by molar-refractivity contribution is 5.47. The second-order valence-electron chi connectivity index (χ2n) is 6.20. The van der Waals surface area contributed by atoms with Crippen LogP contribution in [-0.4, -0.2) is 36.8 Å². The van der Waals surface area contributed by atoms with Gasteiger partial charge in [0, 0.05) is 44.5 Å². The van der Waals surface area contributed by atoms with Crippen molar-refractivity contribution in [1.82, 2.24) is 10.3 Å². The molecule has 2 rings (SSSR count). The van der Waals surface area contributed by atoms with Crippen LogP contribution in [0.5, 0.6) is 0 Å². The van der Waals surface area contributed by atoms with Gasteiger partial charge in [-0.2, -0.15) is 0 Å². The molecule has 1 aromatic rings. The van der Waals surface area contributed by atoms with E-state index in [4.69, 9.17) is 4.74 Å². The average Bonchev–Trinajstić information content (AvgIpc) is 2.45. The van der Waals surface area contributed by atoms with Crippen LogP contribution in [0.2, 0.25) is 0 Å². The van der Waals surface area contributed by atoms with E-state index in [2.05, 4.69) is 42.0 Å². The van der Waals surface area contributed by atoms with Crippen molar-refractivity contribution in [2.24, 2.45) is 0 Å². The van der Waals surface area contributed by atoms with E-state index in [1.807, 2.05) is 19.4 Å². The number of pyridine rings is 1. The van der Waals surface area contributed by atoms with Crippen molar-refractivity contribution in [3.8, 4) is 0 Å². The Kier molecular flexibility index (Phi) is 5.00. The molecule has 4 nitrogen and oxygen atoms in total. The van der Waals surface area contributed by atoms with Crippen molar-refractivity contribution < 1.29 is 4.74 Å². The topological polar surface area (TPSA) is 37.4 Å². The molecular formula is C16H27N3O. The van der Waals surface area contributed by atoms with Gasteiger partial charge in [-0.1, -0.05) is 19.9 Å². The molecule has 1 N–H and O–H groups in total. The number of nitrogens with one attached hydrogen (secondary N) is 1. The van der Waals surface area contributed by atoms with Crippen molar-refractivity contribution in [2.45, 2.75) is 51.8 Å². The maximum Gasteiger partial charge on any atom is 0.133 e. The summed E-state index contributed by atoms with van der Waals surface area (Å²) in [4.78, 5) is 6.98. The van der Waals surface area contributed by atoms with Crippen LogP contribution in [0.3, 0.4) is 0 Å². The molecule has 0 bridgehead atoms. The van der Waals surface area contributed by atoms with E-state index in [-0.39, 0.29) is 5.60 Å². The number of piperidine rings is 1. The Morgan fingerprint density at radius 2 is 2.30 bits per heavy atom. The summed E-state index contributed by atoms with van der Waals surface area (Å²) in [5, 5.41) is 3.48. The van der Waals surface area contributed by atoms with Gasteiger partial charge in [0.1, 0.15) is 5.82 Å². The molecule has 0 aliphatic carbocycles. The van der Waals surface area contributed by atoms with Crippen LogP contribution in [0, 0.1) is 0 Å². The van der Waals surface area contributed by atoms with Crippen LogP contribution in [0.25, 0.3) is 0 Å². The monoisotopic (exact) mass is 277 g/mol. The molecule has 0 aromatic carbocycles. The second kappa shape index (κ2) is 6.55. The fraction of sp³-hybridized carbons (Fsp3) is 0.688. The molecule has 1 fully saturated rings. The number of ether oxygens (including phenoxy) is 1. The first-order valence-electron chi connectivity index (χ1n) is 7.51. The third-order valence-electron chi connectivity index (χ3n) is 4.02.